The number of rotatable bonds is 6. The number of carbonyl (C=O) groups excluding carboxylic acids is 1. The summed E-state index contributed by atoms with van der Waals surface area (Å²) in [6, 6.07) is 5.44. The maximum Gasteiger partial charge on any atom is 0.221 e. The molecule has 0 atom stereocenters. The molecule has 1 amide bonds. The van der Waals surface area contributed by atoms with Crippen LogP contribution in [0.2, 0.25) is 0 Å². The molecule has 3 rings (SSSR count). The fourth-order valence-electron chi connectivity index (χ4n) is 2.90. The van der Waals surface area contributed by atoms with Gasteiger partial charge in [-0.25, -0.2) is 8.78 Å². The molecule has 0 radical (unpaired) electrons. The van der Waals surface area contributed by atoms with Crippen molar-refractivity contribution < 1.29 is 31.8 Å². The zero-order chi connectivity index (χ0) is 21.7. The van der Waals surface area contributed by atoms with Crippen LogP contribution in [0.3, 0.4) is 0 Å². The van der Waals surface area contributed by atoms with Crippen molar-refractivity contribution in [2.75, 3.05) is 38.2 Å². The summed E-state index contributed by atoms with van der Waals surface area (Å²) in [4.78, 5) is 13.0. The summed E-state index contributed by atoms with van der Waals surface area (Å²) < 4.78 is 67.8. The van der Waals surface area contributed by atoms with Gasteiger partial charge < -0.3 is 14.8 Å². The first-order chi connectivity index (χ1) is 14.4. The normalized spacial score (nSPS) is 14.4. The summed E-state index contributed by atoms with van der Waals surface area (Å²) in [5.74, 6) is -7.90. The Balaban J connectivity index is 0.00000341. The Labute approximate surface area is 183 Å². The van der Waals surface area contributed by atoms with E-state index in [9.17, 15) is 22.4 Å². The van der Waals surface area contributed by atoms with Gasteiger partial charge >= 0.3 is 0 Å². The molecule has 0 unspecified atom stereocenters. The Morgan fingerprint density at radius 1 is 1.06 bits per heavy atom. The molecule has 10 heteroatoms. The first-order valence-electron chi connectivity index (χ1n) is 9.25. The van der Waals surface area contributed by atoms with Gasteiger partial charge in [0.1, 0.15) is 5.75 Å². The summed E-state index contributed by atoms with van der Waals surface area (Å²) in [6.45, 7) is 4.11. The third-order valence-electron chi connectivity index (χ3n) is 4.40. The van der Waals surface area contributed by atoms with Crippen molar-refractivity contribution in [2.24, 2.45) is 0 Å². The average Bonchev–Trinajstić information content (AvgIpc) is 2.74. The van der Waals surface area contributed by atoms with Gasteiger partial charge in [0.2, 0.25) is 23.3 Å². The van der Waals surface area contributed by atoms with Crippen LogP contribution in [0, 0.1) is 23.3 Å². The van der Waals surface area contributed by atoms with E-state index in [-0.39, 0.29) is 24.1 Å². The molecule has 1 aliphatic heterocycles. The van der Waals surface area contributed by atoms with Crippen LogP contribution in [-0.2, 0) is 9.53 Å². The van der Waals surface area contributed by atoms with Crippen LogP contribution in [0.25, 0.3) is 6.08 Å². The van der Waals surface area contributed by atoms with Crippen molar-refractivity contribution >= 4 is 30.1 Å². The Kier molecular flexibility index (Phi) is 8.85. The number of carbonyl (C=O) groups is 1. The lowest BCUT2D eigenvalue weighted by molar-refractivity contribution is -0.114. The lowest BCUT2D eigenvalue weighted by atomic mass is 10.1. The van der Waals surface area contributed by atoms with E-state index < -0.39 is 34.6 Å². The minimum atomic E-state index is -1.63. The Bertz CT molecular complexity index is 920. The first-order valence-corrected chi connectivity index (χ1v) is 9.25. The molecule has 0 saturated carbocycles. The number of hydrogen-bond donors (Lipinski definition) is 1. The molecule has 1 fully saturated rings. The van der Waals surface area contributed by atoms with Gasteiger partial charge in [0, 0.05) is 32.2 Å². The summed E-state index contributed by atoms with van der Waals surface area (Å²) >= 11 is 0. The highest BCUT2D eigenvalue weighted by Gasteiger charge is 2.26. The van der Waals surface area contributed by atoms with Gasteiger partial charge in [0.15, 0.2) is 11.6 Å². The topological polar surface area (TPSA) is 50.8 Å². The zero-order valence-electron chi connectivity index (χ0n) is 16.6. The fraction of sp³-hybridized carbons (Fsp3) is 0.286. The Morgan fingerprint density at radius 3 is 2.19 bits per heavy atom. The van der Waals surface area contributed by atoms with Gasteiger partial charge in [-0.3, -0.25) is 9.69 Å². The quantitative estimate of drug-likeness (QED) is 0.499. The molecular formula is C21H21ClF4N2O3. The van der Waals surface area contributed by atoms with Crippen LogP contribution >= 0.6 is 12.4 Å². The molecule has 0 aliphatic carbocycles. The van der Waals surface area contributed by atoms with Crippen molar-refractivity contribution in [2.45, 2.75) is 6.92 Å². The molecule has 2 aromatic rings. The van der Waals surface area contributed by atoms with Crippen LogP contribution in [0.1, 0.15) is 12.5 Å². The van der Waals surface area contributed by atoms with Crippen molar-refractivity contribution in [3.63, 3.8) is 0 Å². The van der Waals surface area contributed by atoms with Gasteiger partial charge in [-0.15, -0.1) is 12.4 Å². The van der Waals surface area contributed by atoms with Crippen LogP contribution in [0.5, 0.6) is 11.5 Å². The molecule has 2 aromatic carbocycles. The minimum Gasteiger partial charge on any atom is -0.451 e. The maximum absolute atomic E-state index is 14.4. The maximum atomic E-state index is 14.4. The number of ether oxygens (including phenoxy) is 2. The molecular weight excluding hydrogens is 440 g/mol. The largest absolute Gasteiger partial charge is 0.451 e. The van der Waals surface area contributed by atoms with Gasteiger partial charge in [-0.1, -0.05) is 12.2 Å². The molecule has 0 bridgehead atoms. The second-order valence-electron chi connectivity index (χ2n) is 6.62. The van der Waals surface area contributed by atoms with Crippen LogP contribution in [0.4, 0.5) is 23.2 Å². The van der Waals surface area contributed by atoms with E-state index in [4.69, 9.17) is 9.47 Å². The Morgan fingerprint density at radius 2 is 1.65 bits per heavy atom. The second-order valence-corrected chi connectivity index (χ2v) is 6.62. The SMILES string of the molecule is CC(=O)Nc1ccc(Oc2c(F)c(F)c(C=CCN3CCOCC3)c(F)c2F)cc1.Cl. The highest BCUT2D eigenvalue weighted by molar-refractivity contribution is 5.88. The molecule has 0 aromatic heterocycles. The third-order valence-corrected chi connectivity index (χ3v) is 4.40. The lowest BCUT2D eigenvalue weighted by Gasteiger charge is -2.25. The van der Waals surface area contributed by atoms with Crippen molar-refractivity contribution in [3.8, 4) is 11.5 Å². The first kappa shape index (κ1) is 24.6. The number of nitrogens with zero attached hydrogens (tertiary/aromatic N) is 1. The van der Waals surface area contributed by atoms with E-state index in [2.05, 4.69) is 5.32 Å². The fourth-order valence-corrected chi connectivity index (χ4v) is 2.90. The number of nitrogens with one attached hydrogen (secondary N) is 1. The molecule has 1 heterocycles. The third kappa shape index (κ3) is 6.19. The van der Waals surface area contributed by atoms with E-state index in [1.807, 2.05) is 4.90 Å². The van der Waals surface area contributed by atoms with Gasteiger partial charge in [0.05, 0.1) is 18.8 Å². The molecule has 31 heavy (non-hydrogen) atoms. The summed E-state index contributed by atoms with van der Waals surface area (Å²) in [5, 5.41) is 2.51. The summed E-state index contributed by atoms with van der Waals surface area (Å²) in [7, 11) is 0. The van der Waals surface area contributed by atoms with Gasteiger partial charge in [-0.05, 0) is 24.3 Å². The van der Waals surface area contributed by atoms with Crippen molar-refractivity contribution in [1.82, 2.24) is 4.90 Å². The van der Waals surface area contributed by atoms with Crippen LogP contribution < -0.4 is 10.1 Å². The van der Waals surface area contributed by atoms with E-state index in [0.29, 0.717) is 38.5 Å². The van der Waals surface area contributed by atoms with Crippen LogP contribution in [-0.4, -0.2) is 43.7 Å². The Hall–Kier alpha value is -2.62. The molecule has 1 N–H and O–H groups in total. The van der Waals surface area contributed by atoms with E-state index >= 15 is 0 Å². The standard InChI is InChI=1S/C21H20F4N2O3.ClH/c1-13(28)26-14-4-6-15(7-5-14)30-21-19(24)17(22)16(18(23)20(21)25)3-2-8-27-9-11-29-12-10-27;/h2-7H,8-12H2,1H3,(H,26,28);1H. The van der Waals surface area contributed by atoms with Gasteiger partial charge in [0.25, 0.3) is 0 Å². The number of benzene rings is 2. The summed E-state index contributed by atoms with van der Waals surface area (Å²) in [6.07, 6.45) is 2.45. The molecule has 0 spiro atoms. The molecule has 168 valence electrons. The van der Waals surface area contributed by atoms with Crippen LogP contribution in [0.15, 0.2) is 30.3 Å². The monoisotopic (exact) mass is 460 g/mol. The summed E-state index contributed by atoms with van der Waals surface area (Å²) in [5.41, 5.74) is -0.388. The van der Waals surface area contributed by atoms with E-state index in [1.54, 1.807) is 0 Å². The molecule has 5 nitrogen and oxygen atoms in total. The highest BCUT2D eigenvalue weighted by Crippen LogP contribution is 2.34. The number of hydrogen-bond acceptors (Lipinski definition) is 4. The van der Waals surface area contributed by atoms with Crippen molar-refractivity contribution in [3.05, 3.63) is 59.2 Å². The molecule has 1 aliphatic rings. The minimum absolute atomic E-state index is 0. The predicted molar refractivity (Wildman–Crippen MR) is 111 cm³/mol. The predicted octanol–water partition coefficient (Wildman–Crippen LogP) is 4.76. The average molecular weight is 461 g/mol. The highest BCUT2D eigenvalue weighted by atomic mass is 35.5. The smallest absolute Gasteiger partial charge is 0.221 e. The lowest BCUT2D eigenvalue weighted by Crippen LogP contribution is -2.36. The van der Waals surface area contributed by atoms with E-state index in [1.165, 1.54) is 37.3 Å². The zero-order valence-corrected chi connectivity index (χ0v) is 17.4. The van der Waals surface area contributed by atoms with Crippen molar-refractivity contribution in [1.29, 1.82) is 0 Å². The number of morpholine rings is 1. The number of amides is 1. The van der Waals surface area contributed by atoms with Gasteiger partial charge in [-0.2, -0.15) is 8.78 Å². The van der Waals surface area contributed by atoms with E-state index in [0.717, 1.165) is 6.08 Å². The molecule has 1 saturated heterocycles. The second kappa shape index (κ2) is 11.1. The number of halogens is 5. The number of anilines is 1.